The molecule has 1 aliphatic heterocycles. The molecule has 0 spiro atoms. The molecule has 7 heteroatoms. The molecule has 1 unspecified atom stereocenters. The van der Waals surface area contributed by atoms with Gasteiger partial charge in [0.05, 0.1) is 31.2 Å². The van der Waals surface area contributed by atoms with Gasteiger partial charge in [-0.1, -0.05) is 23.9 Å². The number of methoxy groups -OCH3 is 1. The van der Waals surface area contributed by atoms with Gasteiger partial charge in [0.15, 0.2) is 5.16 Å². The summed E-state index contributed by atoms with van der Waals surface area (Å²) < 4.78 is 13.1. The molecule has 1 fully saturated rings. The fourth-order valence-corrected chi connectivity index (χ4v) is 4.19. The Morgan fingerprint density at radius 2 is 2.14 bits per heavy atom. The Balaban J connectivity index is 1.46. The molecule has 1 saturated heterocycles. The third-order valence-electron chi connectivity index (χ3n) is 5.06. The monoisotopic (exact) mass is 403 g/mol. The second kappa shape index (κ2) is 9.98. The quantitative estimate of drug-likeness (QED) is 0.652. The number of hydrogen-bond donors (Lipinski definition) is 1. The molecule has 1 aromatic carbocycles. The van der Waals surface area contributed by atoms with E-state index in [-0.39, 0.29) is 12.0 Å². The van der Waals surface area contributed by atoms with Crippen LogP contribution in [0.5, 0.6) is 5.75 Å². The van der Waals surface area contributed by atoms with E-state index < -0.39 is 0 Å². The van der Waals surface area contributed by atoms with Gasteiger partial charge in [-0.3, -0.25) is 4.79 Å². The number of imidazole rings is 1. The Morgan fingerprint density at radius 3 is 2.82 bits per heavy atom. The smallest absolute Gasteiger partial charge is 0.230 e. The van der Waals surface area contributed by atoms with Crippen molar-refractivity contribution >= 4 is 17.7 Å². The zero-order valence-electron chi connectivity index (χ0n) is 16.9. The number of hydrogen-bond acceptors (Lipinski definition) is 5. The van der Waals surface area contributed by atoms with Crippen molar-refractivity contribution in [3.05, 3.63) is 41.2 Å². The summed E-state index contributed by atoms with van der Waals surface area (Å²) in [5, 5.41) is 3.89. The van der Waals surface area contributed by atoms with Crippen molar-refractivity contribution in [2.24, 2.45) is 0 Å². The minimum absolute atomic E-state index is 0.0282. The molecule has 1 atom stereocenters. The van der Waals surface area contributed by atoms with Gasteiger partial charge in [-0.2, -0.15) is 0 Å². The van der Waals surface area contributed by atoms with Crippen molar-refractivity contribution in [2.75, 3.05) is 26.0 Å². The van der Waals surface area contributed by atoms with Gasteiger partial charge in [-0.25, -0.2) is 4.98 Å². The highest BCUT2D eigenvalue weighted by molar-refractivity contribution is 7.99. The lowest BCUT2D eigenvalue weighted by atomic mass is 10.1. The van der Waals surface area contributed by atoms with Crippen LogP contribution in [-0.2, 0) is 22.5 Å². The van der Waals surface area contributed by atoms with Gasteiger partial charge >= 0.3 is 0 Å². The molecule has 0 radical (unpaired) electrons. The summed E-state index contributed by atoms with van der Waals surface area (Å²) >= 11 is 1.49. The standard InChI is InChI=1S/C21H29N3O3S/c1-15-16(2)24(13-19-5-4-12-27-19)21(23-15)28-14-20(25)22-11-10-17-6-8-18(26-3)9-7-17/h6-9,19H,4-5,10-14H2,1-3H3,(H,22,25). The molecule has 2 aromatic rings. The molecular formula is C21H29N3O3S. The van der Waals surface area contributed by atoms with E-state index in [0.717, 1.165) is 54.7 Å². The van der Waals surface area contributed by atoms with Crippen LogP contribution in [0.3, 0.4) is 0 Å². The maximum Gasteiger partial charge on any atom is 0.230 e. The molecule has 28 heavy (non-hydrogen) atoms. The van der Waals surface area contributed by atoms with E-state index in [1.165, 1.54) is 17.3 Å². The average molecular weight is 404 g/mol. The van der Waals surface area contributed by atoms with Gasteiger partial charge in [0.2, 0.25) is 5.91 Å². The van der Waals surface area contributed by atoms with Crippen molar-refractivity contribution in [3.8, 4) is 5.75 Å². The van der Waals surface area contributed by atoms with Crippen LogP contribution in [0.1, 0.15) is 29.8 Å². The fraction of sp³-hybridized carbons (Fsp3) is 0.524. The summed E-state index contributed by atoms with van der Waals surface area (Å²) in [5.74, 6) is 1.23. The van der Waals surface area contributed by atoms with Gasteiger partial charge in [0.1, 0.15) is 5.75 Å². The van der Waals surface area contributed by atoms with Crippen LogP contribution in [-0.4, -0.2) is 47.6 Å². The van der Waals surface area contributed by atoms with Gasteiger partial charge in [-0.15, -0.1) is 0 Å². The number of rotatable bonds is 9. The minimum atomic E-state index is 0.0282. The van der Waals surface area contributed by atoms with Crippen molar-refractivity contribution < 1.29 is 14.3 Å². The van der Waals surface area contributed by atoms with Crippen LogP contribution in [0.25, 0.3) is 0 Å². The molecule has 1 aliphatic rings. The molecule has 1 amide bonds. The zero-order valence-corrected chi connectivity index (χ0v) is 17.7. The van der Waals surface area contributed by atoms with Crippen LogP contribution in [0.2, 0.25) is 0 Å². The summed E-state index contributed by atoms with van der Waals surface area (Å²) in [6, 6.07) is 7.91. The second-order valence-corrected chi connectivity index (χ2v) is 7.99. The van der Waals surface area contributed by atoms with E-state index in [0.29, 0.717) is 12.3 Å². The van der Waals surface area contributed by atoms with Crippen LogP contribution >= 0.6 is 11.8 Å². The number of thioether (sulfide) groups is 1. The van der Waals surface area contributed by atoms with Crippen molar-refractivity contribution in [3.63, 3.8) is 0 Å². The van der Waals surface area contributed by atoms with E-state index in [4.69, 9.17) is 9.47 Å². The van der Waals surface area contributed by atoms with Crippen molar-refractivity contribution in [1.29, 1.82) is 0 Å². The van der Waals surface area contributed by atoms with Crippen LogP contribution in [0.15, 0.2) is 29.4 Å². The Morgan fingerprint density at radius 1 is 1.36 bits per heavy atom. The van der Waals surface area contributed by atoms with Crippen molar-refractivity contribution in [1.82, 2.24) is 14.9 Å². The molecule has 6 nitrogen and oxygen atoms in total. The van der Waals surface area contributed by atoms with E-state index in [2.05, 4.69) is 21.8 Å². The first kappa shape index (κ1) is 20.7. The maximum absolute atomic E-state index is 12.2. The van der Waals surface area contributed by atoms with Crippen LogP contribution in [0, 0.1) is 13.8 Å². The molecule has 3 rings (SSSR count). The number of carbonyl (C=O) groups excluding carboxylic acids is 1. The molecule has 0 aliphatic carbocycles. The first-order valence-electron chi connectivity index (χ1n) is 9.74. The number of carbonyl (C=O) groups is 1. The highest BCUT2D eigenvalue weighted by Gasteiger charge is 2.20. The normalized spacial score (nSPS) is 16.3. The fourth-order valence-electron chi connectivity index (χ4n) is 3.26. The molecule has 1 N–H and O–H groups in total. The Kier molecular flexibility index (Phi) is 7.39. The average Bonchev–Trinajstić information content (AvgIpc) is 3.31. The number of nitrogens with one attached hydrogen (secondary N) is 1. The van der Waals surface area contributed by atoms with E-state index in [9.17, 15) is 4.79 Å². The lowest BCUT2D eigenvalue weighted by molar-refractivity contribution is -0.118. The predicted octanol–water partition coefficient (Wildman–Crippen LogP) is 3.14. The van der Waals surface area contributed by atoms with Gasteiger partial charge in [0, 0.05) is 18.8 Å². The summed E-state index contributed by atoms with van der Waals surface area (Å²) in [4.78, 5) is 16.9. The van der Waals surface area contributed by atoms with Crippen molar-refractivity contribution in [2.45, 2.75) is 50.9 Å². The Labute approximate surface area is 171 Å². The number of amides is 1. The number of aromatic nitrogens is 2. The Hall–Kier alpha value is -1.99. The first-order chi connectivity index (χ1) is 13.6. The lowest BCUT2D eigenvalue weighted by Crippen LogP contribution is -2.27. The van der Waals surface area contributed by atoms with E-state index in [1.54, 1.807) is 7.11 Å². The summed E-state index contributed by atoms with van der Waals surface area (Å²) in [6.07, 6.45) is 3.26. The van der Waals surface area contributed by atoms with Crippen LogP contribution < -0.4 is 10.1 Å². The van der Waals surface area contributed by atoms with Gasteiger partial charge < -0.3 is 19.4 Å². The topological polar surface area (TPSA) is 65.4 Å². The number of benzene rings is 1. The SMILES string of the molecule is COc1ccc(CCNC(=O)CSc2nc(C)c(C)n2CC2CCCO2)cc1. The third-order valence-corrected chi connectivity index (χ3v) is 6.04. The van der Waals surface area contributed by atoms with E-state index >= 15 is 0 Å². The summed E-state index contributed by atoms with van der Waals surface area (Å²) in [5.41, 5.74) is 3.34. The molecule has 2 heterocycles. The summed E-state index contributed by atoms with van der Waals surface area (Å²) in [6.45, 7) is 6.37. The molecule has 0 saturated carbocycles. The van der Waals surface area contributed by atoms with E-state index in [1.807, 2.05) is 31.2 Å². The van der Waals surface area contributed by atoms with Crippen LogP contribution in [0.4, 0.5) is 0 Å². The molecule has 0 bridgehead atoms. The third kappa shape index (κ3) is 5.52. The highest BCUT2D eigenvalue weighted by atomic mass is 32.2. The largest absolute Gasteiger partial charge is 0.497 e. The lowest BCUT2D eigenvalue weighted by Gasteiger charge is -2.14. The Bertz CT molecular complexity index is 783. The molecule has 1 aromatic heterocycles. The molecule has 152 valence electrons. The van der Waals surface area contributed by atoms with Gasteiger partial charge in [0.25, 0.3) is 0 Å². The van der Waals surface area contributed by atoms with Gasteiger partial charge in [-0.05, 0) is 50.8 Å². The molecular weight excluding hydrogens is 374 g/mol. The first-order valence-corrected chi connectivity index (χ1v) is 10.7. The number of ether oxygens (including phenoxy) is 2. The zero-order chi connectivity index (χ0) is 19.9. The maximum atomic E-state index is 12.2. The highest BCUT2D eigenvalue weighted by Crippen LogP contribution is 2.24. The second-order valence-electron chi connectivity index (χ2n) is 7.05. The summed E-state index contributed by atoms with van der Waals surface area (Å²) in [7, 11) is 1.65. The predicted molar refractivity (Wildman–Crippen MR) is 111 cm³/mol. The number of nitrogens with zero attached hydrogens (tertiary/aromatic N) is 2. The minimum Gasteiger partial charge on any atom is -0.497 e. The number of aryl methyl sites for hydroxylation is 1.